The van der Waals surface area contributed by atoms with Gasteiger partial charge in [-0.1, -0.05) is 39.9 Å². The molecule has 1 heterocycles. The van der Waals surface area contributed by atoms with E-state index in [9.17, 15) is 9.59 Å². The number of carboxylic acids is 1. The molecule has 1 aromatic rings. The quantitative estimate of drug-likeness (QED) is 0.525. The maximum Gasteiger partial charge on any atom is 0.341 e. The number of nitrogens with zero attached hydrogens (tertiary/aromatic N) is 1. The van der Waals surface area contributed by atoms with Crippen LogP contribution in [0.15, 0.2) is 27.6 Å². The second-order valence-corrected chi connectivity index (χ2v) is 7.28. The van der Waals surface area contributed by atoms with Gasteiger partial charge in [0.15, 0.2) is 6.61 Å². The van der Waals surface area contributed by atoms with Crippen LogP contribution in [-0.2, 0) is 14.3 Å². The monoisotopic (exact) mass is 431 g/mol. The number of amides is 1. The summed E-state index contributed by atoms with van der Waals surface area (Å²) in [6.45, 7) is 0.320. The summed E-state index contributed by atoms with van der Waals surface area (Å²) in [5, 5.41) is 8.75. The number of carbonyl (C=O) groups is 2. The van der Waals surface area contributed by atoms with Gasteiger partial charge in [0.1, 0.15) is 10.1 Å². The number of ether oxygens (including phenoxy) is 2. The van der Waals surface area contributed by atoms with Gasteiger partial charge in [0.2, 0.25) is 0 Å². The zero-order valence-corrected chi connectivity index (χ0v) is 15.9. The van der Waals surface area contributed by atoms with Crippen LogP contribution in [-0.4, -0.2) is 53.1 Å². The number of carboxylic acid groups (broad SMARTS) is 1. The molecule has 0 saturated carbocycles. The first-order valence-corrected chi connectivity index (χ1v) is 8.82. The highest BCUT2D eigenvalue weighted by atomic mass is 79.9. The third-order valence-electron chi connectivity index (χ3n) is 3.00. The van der Waals surface area contributed by atoms with Gasteiger partial charge in [0.05, 0.1) is 18.1 Å². The Morgan fingerprint density at radius 3 is 2.92 bits per heavy atom. The number of hydrogen-bond acceptors (Lipinski definition) is 6. The van der Waals surface area contributed by atoms with Gasteiger partial charge in [0, 0.05) is 17.1 Å². The number of carbonyl (C=O) groups excluding carboxylic acids is 1. The smallest absolute Gasteiger partial charge is 0.341 e. The van der Waals surface area contributed by atoms with E-state index in [4.69, 9.17) is 26.8 Å². The van der Waals surface area contributed by atoms with Gasteiger partial charge in [-0.2, -0.15) is 0 Å². The van der Waals surface area contributed by atoms with Crippen molar-refractivity contribution in [1.29, 1.82) is 0 Å². The highest BCUT2D eigenvalue weighted by Gasteiger charge is 2.31. The van der Waals surface area contributed by atoms with E-state index >= 15 is 0 Å². The van der Waals surface area contributed by atoms with Crippen LogP contribution in [0.4, 0.5) is 0 Å². The van der Waals surface area contributed by atoms with Crippen LogP contribution in [0.5, 0.6) is 5.75 Å². The normalized spacial score (nSPS) is 16.1. The standard InChI is InChI=1S/C15H14BrNO5S2/c1-21-5-4-17-14(20)12(24-15(17)23)7-9-6-10(16)2-3-11(9)22-8-13(18)19/h2-3,6-7H,4-5,8H2,1H3,(H,18,19)/b12-7+. The SMILES string of the molecule is COCCN1C(=O)/C(=C\c2cc(Br)ccc2OCC(=O)O)SC1=S. The van der Waals surface area contributed by atoms with Crippen molar-refractivity contribution in [3.05, 3.63) is 33.1 Å². The Kier molecular flexibility index (Phi) is 6.79. The highest BCUT2D eigenvalue weighted by molar-refractivity contribution is 9.10. The second kappa shape index (κ2) is 8.61. The number of halogens is 1. The molecule has 0 radical (unpaired) electrons. The highest BCUT2D eigenvalue weighted by Crippen LogP contribution is 2.34. The average molecular weight is 432 g/mol. The summed E-state index contributed by atoms with van der Waals surface area (Å²) >= 11 is 9.77. The first-order valence-electron chi connectivity index (χ1n) is 6.81. The van der Waals surface area contributed by atoms with Crippen molar-refractivity contribution in [3.63, 3.8) is 0 Å². The summed E-state index contributed by atoms with van der Waals surface area (Å²) in [6.07, 6.45) is 1.65. The van der Waals surface area contributed by atoms with Crippen LogP contribution < -0.4 is 4.74 Å². The first kappa shape index (κ1) is 18.9. The van der Waals surface area contributed by atoms with Crippen molar-refractivity contribution >= 4 is 62.2 Å². The molecular weight excluding hydrogens is 418 g/mol. The van der Waals surface area contributed by atoms with Crippen LogP contribution in [0, 0.1) is 0 Å². The molecule has 0 aromatic heterocycles. The molecule has 1 N–H and O–H groups in total. The van der Waals surface area contributed by atoms with Gasteiger partial charge < -0.3 is 14.6 Å². The Labute approximate surface area is 156 Å². The van der Waals surface area contributed by atoms with E-state index in [2.05, 4.69) is 15.9 Å². The fraction of sp³-hybridized carbons (Fsp3) is 0.267. The van der Waals surface area contributed by atoms with Gasteiger partial charge in [-0.15, -0.1) is 0 Å². The molecule has 2 rings (SSSR count). The number of aliphatic carboxylic acids is 1. The minimum atomic E-state index is -1.07. The lowest BCUT2D eigenvalue weighted by molar-refractivity contribution is -0.139. The van der Waals surface area contributed by atoms with Crippen LogP contribution in [0.25, 0.3) is 6.08 Å². The van der Waals surface area contributed by atoms with Crippen molar-refractivity contribution in [2.24, 2.45) is 0 Å². The molecule has 0 unspecified atom stereocenters. The van der Waals surface area contributed by atoms with Crippen molar-refractivity contribution < 1.29 is 24.2 Å². The van der Waals surface area contributed by atoms with Gasteiger partial charge in [-0.3, -0.25) is 9.69 Å². The predicted octanol–water partition coefficient (Wildman–Crippen LogP) is 2.76. The third-order valence-corrected chi connectivity index (χ3v) is 4.87. The molecular formula is C15H14BrNO5S2. The molecule has 1 fully saturated rings. The molecule has 0 spiro atoms. The van der Waals surface area contributed by atoms with E-state index in [-0.39, 0.29) is 5.91 Å². The van der Waals surface area contributed by atoms with E-state index in [1.807, 2.05) is 0 Å². The Hall–Kier alpha value is -1.42. The fourth-order valence-electron chi connectivity index (χ4n) is 1.92. The molecule has 6 nitrogen and oxygen atoms in total. The minimum Gasteiger partial charge on any atom is -0.481 e. The average Bonchev–Trinajstić information content (AvgIpc) is 2.78. The van der Waals surface area contributed by atoms with E-state index < -0.39 is 12.6 Å². The number of benzene rings is 1. The molecule has 1 saturated heterocycles. The summed E-state index contributed by atoms with van der Waals surface area (Å²) in [5.41, 5.74) is 0.595. The Morgan fingerprint density at radius 1 is 1.50 bits per heavy atom. The zero-order chi connectivity index (χ0) is 17.7. The maximum absolute atomic E-state index is 12.4. The van der Waals surface area contributed by atoms with Gasteiger partial charge in [-0.25, -0.2) is 4.79 Å². The number of hydrogen-bond donors (Lipinski definition) is 1. The van der Waals surface area contributed by atoms with Gasteiger partial charge in [0.25, 0.3) is 5.91 Å². The van der Waals surface area contributed by atoms with Crippen LogP contribution in [0.2, 0.25) is 0 Å². The lowest BCUT2D eigenvalue weighted by Gasteiger charge is -2.13. The Morgan fingerprint density at radius 2 is 2.25 bits per heavy atom. The van der Waals surface area contributed by atoms with Crippen LogP contribution in [0.3, 0.4) is 0 Å². The molecule has 1 aliphatic heterocycles. The molecule has 128 valence electrons. The van der Waals surface area contributed by atoms with E-state index in [1.165, 1.54) is 16.7 Å². The molecule has 24 heavy (non-hydrogen) atoms. The van der Waals surface area contributed by atoms with E-state index in [0.717, 1.165) is 4.47 Å². The van der Waals surface area contributed by atoms with Gasteiger partial charge >= 0.3 is 5.97 Å². The number of rotatable bonds is 7. The second-order valence-electron chi connectivity index (χ2n) is 4.69. The topological polar surface area (TPSA) is 76.1 Å². The van der Waals surface area contributed by atoms with E-state index in [1.54, 1.807) is 31.4 Å². The minimum absolute atomic E-state index is 0.203. The number of thiocarbonyl (C=S) groups is 1. The molecule has 1 aliphatic rings. The van der Waals surface area contributed by atoms with Gasteiger partial charge in [-0.05, 0) is 24.3 Å². The predicted molar refractivity (Wildman–Crippen MR) is 99.0 cm³/mol. The van der Waals surface area contributed by atoms with Crippen molar-refractivity contribution in [3.8, 4) is 5.75 Å². The van der Waals surface area contributed by atoms with E-state index in [0.29, 0.717) is 33.7 Å². The fourth-order valence-corrected chi connectivity index (χ4v) is 3.60. The molecule has 9 heteroatoms. The lowest BCUT2D eigenvalue weighted by Crippen LogP contribution is -2.31. The molecule has 0 bridgehead atoms. The molecule has 1 amide bonds. The van der Waals surface area contributed by atoms with Crippen molar-refractivity contribution in [1.82, 2.24) is 4.90 Å². The molecule has 1 aromatic carbocycles. The lowest BCUT2D eigenvalue weighted by atomic mass is 10.2. The molecule has 0 aliphatic carbocycles. The summed E-state index contributed by atoms with van der Waals surface area (Å²) in [5.74, 6) is -0.899. The third kappa shape index (κ3) is 4.79. The maximum atomic E-state index is 12.4. The van der Waals surface area contributed by atoms with Crippen LogP contribution >= 0.6 is 39.9 Å². The summed E-state index contributed by atoms with van der Waals surface area (Å²) in [6, 6.07) is 5.13. The summed E-state index contributed by atoms with van der Waals surface area (Å²) < 4.78 is 11.5. The molecule has 0 atom stereocenters. The van der Waals surface area contributed by atoms with Crippen molar-refractivity contribution in [2.45, 2.75) is 0 Å². The number of methoxy groups -OCH3 is 1. The Balaban J connectivity index is 2.27. The zero-order valence-electron chi connectivity index (χ0n) is 12.7. The van der Waals surface area contributed by atoms with Crippen molar-refractivity contribution in [2.75, 3.05) is 26.9 Å². The Bertz CT molecular complexity index is 707. The first-order chi connectivity index (χ1) is 11.4. The number of thioether (sulfide) groups is 1. The van der Waals surface area contributed by atoms with Crippen LogP contribution in [0.1, 0.15) is 5.56 Å². The largest absolute Gasteiger partial charge is 0.481 e. The summed E-state index contributed by atoms with van der Waals surface area (Å²) in [4.78, 5) is 25.1. The summed E-state index contributed by atoms with van der Waals surface area (Å²) in [7, 11) is 1.56.